The number of esters is 1. The molecule has 1 amide bonds. The summed E-state index contributed by atoms with van der Waals surface area (Å²) in [7, 11) is 0. The average molecular weight is 435 g/mol. The first-order valence-electron chi connectivity index (χ1n) is 10.2. The van der Waals surface area contributed by atoms with E-state index in [9.17, 15) is 9.59 Å². The summed E-state index contributed by atoms with van der Waals surface area (Å²) in [5.74, 6) is -0.634. The maximum Gasteiger partial charge on any atom is 0.332 e. The summed E-state index contributed by atoms with van der Waals surface area (Å²) in [6, 6.07) is 17.4. The van der Waals surface area contributed by atoms with Gasteiger partial charge in [-0.1, -0.05) is 48.0 Å². The monoisotopic (exact) mass is 434 g/mol. The minimum atomic E-state index is -1.10. The van der Waals surface area contributed by atoms with E-state index >= 15 is 0 Å². The van der Waals surface area contributed by atoms with Gasteiger partial charge in [0.25, 0.3) is 0 Å². The first-order valence-corrected chi connectivity index (χ1v) is 10.6. The number of carbonyl (C=O) groups is 2. The fourth-order valence-corrected chi connectivity index (χ4v) is 4.18. The first kappa shape index (κ1) is 21.1. The van der Waals surface area contributed by atoms with Gasteiger partial charge in [-0.05, 0) is 52.9 Å². The number of amides is 1. The van der Waals surface area contributed by atoms with Gasteiger partial charge in [0.2, 0.25) is 5.91 Å². The molecule has 0 radical (unpaired) electrons. The van der Waals surface area contributed by atoms with Gasteiger partial charge in [-0.15, -0.1) is 0 Å². The zero-order valence-corrected chi connectivity index (χ0v) is 18.0. The van der Waals surface area contributed by atoms with Crippen LogP contribution in [0.25, 0.3) is 11.1 Å². The van der Waals surface area contributed by atoms with Crippen molar-refractivity contribution in [1.82, 2.24) is 10.3 Å². The van der Waals surface area contributed by atoms with Crippen molar-refractivity contribution < 1.29 is 14.3 Å². The summed E-state index contributed by atoms with van der Waals surface area (Å²) in [5, 5.41) is 3.66. The predicted octanol–water partition coefficient (Wildman–Crippen LogP) is 4.16. The van der Waals surface area contributed by atoms with E-state index in [1.807, 2.05) is 42.5 Å². The molecule has 0 aliphatic heterocycles. The molecule has 1 aliphatic carbocycles. The number of nitrogens with one attached hydrogen (secondary N) is 1. The van der Waals surface area contributed by atoms with E-state index in [4.69, 9.17) is 16.3 Å². The number of carbonyl (C=O) groups excluding carboxylic acids is 2. The number of rotatable bonds is 6. The number of pyridine rings is 1. The van der Waals surface area contributed by atoms with E-state index < -0.39 is 11.5 Å². The zero-order valence-electron chi connectivity index (χ0n) is 17.2. The number of halogens is 1. The molecular weight excluding hydrogens is 412 g/mol. The highest BCUT2D eigenvalue weighted by Crippen LogP contribution is 2.34. The molecule has 0 spiro atoms. The highest BCUT2D eigenvalue weighted by Gasteiger charge is 2.46. The number of hydrogen-bond donors (Lipinski definition) is 1. The lowest BCUT2D eigenvalue weighted by Crippen LogP contribution is -2.56. The Morgan fingerprint density at radius 3 is 2.52 bits per heavy atom. The molecule has 6 heteroatoms. The Kier molecular flexibility index (Phi) is 6.05. The number of ether oxygens (including phenoxy) is 1. The normalized spacial score (nSPS) is 17.1. The largest absolute Gasteiger partial charge is 0.464 e. The van der Waals surface area contributed by atoms with Crippen LogP contribution in [-0.4, -0.2) is 29.0 Å². The molecule has 1 aliphatic rings. The maximum atomic E-state index is 13.0. The second-order valence-electron chi connectivity index (χ2n) is 7.73. The van der Waals surface area contributed by atoms with Crippen LogP contribution in [0.4, 0.5) is 0 Å². The SMILES string of the molecule is CCOC(=O)C1(NC(=O)Cc2cccnc2)Cc2ccc(-c3ccc(Cl)cc3)cc2C1. The van der Waals surface area contributed by atoms with E-state index in [1.54, 1.807) is 25.4 Å². The van der Waals surface area contributed by atoms with E-state index in [1.165, 1.54) is 0 Å². The summed E-state index contributed by atoms with van der Waals surface area (Å²) in [6.45, 7) is 2.02. The summed E-state index contributed by atoms with van der Waals surface area (Å²) in [6.07, 6.45) is 4.26. The second-order valence-corrected chi connectivity index (χ2v) is 8.17. The lowest BCUT2D eigenvalue weighted by molar-refractivity contribution is -0.153. The molecule has 4 rings (SSSR count). The van der Waals surface area contributed by atoms with Crippen molar-refractivity contribution in [2.24, 2.45) is 0 Å². The Bertz CT molecular complexity index is 1100. The van der Waals surface area contributed by atoms with Gasteiger partial charge >= 0.3 is 5.97 Å². The van der Waals surface area contributed by atoms with Crippen molar-refractivity contribution in [3.8, 4) is 11.1 Å². The van der Waals surface area contributed by atoms with Gasteiger partial charge in [0.1, 0.15) is 5.54 Å². The van der Waals surface area contributed by atoms with Crippen molar-refractivity contribution >= 4 is 23.5 Å². The third kappa shape index (κ3) is 4.62. The van der Waals surface area contributed by atoms with E-state index in [0.29, 0.717) is 17.9 Å². The highest BCUT2D eigenvalue weighted by atomic mass is 35.5. The van der Waals surface area contributed by atoms with Crippen LogP contribution >= 0.6 is 11.6 Å². The van der Waals surface area contributed by atoms with Crippen molar-refractivity contribution in [2.75, 3.05) is 6.61 Å². The van der Waals surface area contributed by atoms with Gasteiger partial charge in [-0.2, -0.15) is 0 Å². The Hall–Kier alpha value is -3.18. The van der Waals surface area contributed by atoms with Crippen LogP contribution in [-0.2, 0) is 33.6 Å². The molecule has 1 heterocycles. The zero-order chi connectivity index (χ0) is 21.8. The van der Waals surface area contributed by atoms with Gasteiger partial charge in [0, 0.05) is 30.3 Å². The standard InChI is InChI=1S/C25H23ClN2O3/c1-2-31-24(30)25(28-23(29)12-17-4-3-11-27-16-17)14-20-6-5-19(13-21(20)15-25)18-7-9-22(26)10-8-18/h3-11,13,16H,2,12,14-15H2,1H3,(H,28,29). The molecule has 1 atom stereocenters. The smallest absolute Gasteiger partial charge is 0.332 e. The number of nitrogens with zero attached hydrogens (tertiary/aromatic N) is 1. The molecule has 31 heavy (non-hydrogen) atoms. The quantitative estimate of drug-likeness (QED) is 0.591. The van der Waals surface area contributed by atoms with Crippen LogP contribution in [0.3, 0.4) is 0 Å². The van der Waals surface area contributed by atoms with Crippen molar-refractivity contribution in [3.05, 3.63) is 88.7 Å². The Labute approximate surface area is 186 Å². The lowest BCUT2D eigenvalue weighted by Gasteiger charge is -2.28. The van der Waals surface area contributed by atoms with Gasteiger partial charge in [0.05, 0.1) is 13.0 Å². The Balaban J connectivity index is 1.59. The van der Waals surface area contributed by atoms with Crippen LogP contribution in [0, 0.1) is 0 Å². The molecule has 5 nitrogen and oxygen atoms in total. The van der Waals surface area contributed by atoms with Crippen molar-refractivity contribution in [3.63, 3.8) is 0 Å². The van der Waals surface area contributed by atoms with Gasteiger partial charge in [0.15, 0.2) is 0 Å². The van der Waals surface area contributed by atoms with Crippen LogP contribution < -0.4 is 5.32 Å². The summed E-state index contributed by atoms with van der Waals surface area (Å²) in [5.41, 5.74) is 3.84. The molecule has 0 bridgehead atoms. The van der Waals surface area contributed by atoms with Gasteiger partial charge < -0.3 is 10.1 Å². The van der Waals surface area contributed by atoms with E-state index in [2.05, 4.69) is 16.4 Å². The fourth-order valence-electron chi connectivity index (χ4n) is 4.05. The molecule has 1 aromatic heterocycles. The Morgan fingerprint density at radius 2 is 1.81 bits per heavy atom. The molecule has 2 aromatic carbocycles. The van der Waals surface area contributed by atoms with Crippen LogP contribution in [0.1, 0.15) is 23.6 Å². The topological polar surface area (TPSA) is 68.3 Å². The minimum absolute atomic E-state index is 0.154. The highest BCUT2D eigenvalue weighted by molar-refractivity contribution is 6.30. The predicted molar refractivity (Wildman–Crippen MR) is 120 cm³/mol. The van der Waals surface area contributed by atoms with Crippen LogP contribution in [0.2, 0.25) is 5.02 Å². The average Bonchev–Trinajstić information content (AvgIpc) is 3.13. The molecular formula is C25H23ClN2O3. The third-order valence-electron chi connectivity index (χ3n) is 5.50. The molecule has 0 saturated carbocycles. The van der Waals surface area contributed by atoms with Gasteiger partial charge in [-0.3, -0.25) is 9.78 Å². The van der Waals surface area contributed by atoms with Gasteiger partial charge in [-0.25, -0.2) is 4.79 Å². The van der Waals surface area contributed by atoms with Crippen LogP contribution in [0.5, 0.6) is 0 Å². The third-order valence-corrected chi connectivity index (χ3v) is 5.75. The summed E-state index contributed by atoms with van der Waals surface area (Å²) >= 11 is 6.01. The summed E-state index contributed by atoms with van der Waals surface area (Å²) < 4.78 is 5.36. The molecule has 3 aromatic rings. The lowest BCUT2D eigenvalue weighted by atomic mass is 9.95. The fraction of sp³-hybridized carbons (Fsp3) is 0.240. The molecule has 158 valence electrons. The molecule has 0 fully saturated rings. The molecule has 0 saturated heterocycles. The first-order chi connectivity index (χ1) is 15.0. The number of benzene rings is 2. The Morgan fingerprint density at radius 1 is 1.06 bits per heavy atom. The second kappa shape index (κ2) is 8.90. The van der Waals surface area contributed by atoms with Crippen LogP contribution in [0.15, 0.2) is 67.0 Å². The maximum absolute atomic E-state index is 13.0. The van der Waals surface area contributed by atoms with Crippen molar-refractivity contribution in [2.45, 2.75) is 31.7 Å². The number of aromatic nitrogens is 1. The number of hydrogen-bond acceptors (Lipinski definition) is 4. The van der Waals surface area contributed by atoms with E-state index in [-0.39, 0.29) is 18.9 Å². The van der Waals surface area contributed by atoms with Crippen molar-refractivity contribution in [1.29, 1.82) is 0 Å². The molecule has 1 unspecified atom stereocenters. The van der Waals surface area contributed by atoms with E-state index in [0.717, 1.165) is 27.8 Å². The number of fused-ring (bicyclic) bond motifs is 1. The molecule has 1 N–H and O–H groups in total. The summed E-state index contributed by atoms with van der Waals surface area (Å²) in [4.78, 5) is 29.8. The minimum Gasteiger partial charge on any atom is -0.464 e.